The van der Waals surface area contributed by atoms with Gasteiger partial charge in [-0.1, -0.05) is 12.1 Å². The van der Waals surface area contributed by atoms with Crippen molar-refractivity contribution in [1.29, 1.82) is 0 Å². The number of nitro groups is 1. The minimum atomic E-state index is -0.384. The molecule has 0 N–H and O–H groups in total. The lowest BCUT2D eigenvalue weighted by molar-refractivity contribution is -0.384. The molecule has 2 heterocycles. The molecule has 0 amide bonds. The van der Waals surface area contributed by atoms with Crippen molar-refractivity contribution in [2.75, 3.05) is 11.4 Å². The zero-order valence-corrected chi connectivity index (χ0v) is 12.2. The Labute approximate surface area is 126 Å². The van der Waals surface area contributed by atoms with Crippen LogP contribution in [-0.4, -0.2) is 21.4 Å². The van der Waals surface area contributed by atoms with E-state index in [1.54, 1.807) is 12.1 Å². The lowest BCUT2D eigenvalue weighted by Gasteiger charge is -2.18. The van der Waals surface area contributed by atoms with Crippen molar-refractivity contribution in [3.05, 3.63) is 56.5 Å². The fourth-order valence-corrected chi connectivity index (χ4v) is 2.80. The first-order valence-electron chi connectivity index (χ1n) is 6.56. The van der Waals surface area contributed by atoms with Crippen molar-refractivity contribution >= 4 is 23.1 Å². The highest BCUT2D eigenvalue weighted by Crippen LogP contribution is 2.30. The third-order valence-electron chi connectivity index (χ3n) is 3.59. The number of aromatic nitrogens is 2. The summed E-state index contributed by atoms with van der Waals surface area (Å²) in [6, 6.07) is 6.65. The number of anilines is 1. The highest BCUT2D eigenvalue weighted by atomic mass is 35.5. The largest absolute Gasteiger partial charge is 0.352 e. The quantitative estimate of drug-likeness (QED) is 0.495. The number of benzene rings is 1. The molecule has 0 fully saturated rings. The van der Waals surface area contributed by atoms with Gasteiger partial charge in [0, 0.05) is 36.5 Å². The summed E-state index contributed by atoms with van der Waals surface area (Å²) in [6.45, 7) is 3.30. The molecule has 0 atom stereocenters. The number of hydrogen-bond donors (Lipinski definition) is 0. The molecule has 0 radical (unpaired) electrons. The fourth-order valence-electron chi connectivity index (χ4n) is 2.60. The second kappa shape index (κ2) is 5.29. The maximum atomic E-state index is 10.8. The van der Waals surface area contributed by atoms with E-state index in [1.165, 1.54) is 6.07 Å². The van der Waals surface area contributed by atoms with Crippen LogP contribution < -0.4 is 4.90 Å². The van der Waals surface area contributed by atoms with Crippen molar-refractivity contribution in [2.24, 2.45) is 0 Å². The lowest BCUT2D eigenvalue weighted by Crippen LogP contribution is -2.20. The summed E-state index contributed by atoms with van der Waals surface area (Å²) < 4.78 is 0. The van der Waals surface area contributed by atoms with Gasteiger partial charge < -0.3 is 4.90 Å². The average molecular weight is 305 g/mol. The Morgan fingerprint density at radius 3 is 3.00 bits per heavy atom. The van der Waals surface area contributed by atoms with Crippen LogP contribution in [0, 0.1) is 17.0 Å². The van der Waals surface area contributed by atoms with Gasteiger partial charge in [-0.3, -0.25) is 10.1 Å². The number of hydrogen-bond acceptors (Lipinski definition) is 5. The van der Waals surface area contributed by atoms with E-state index in [0.29, 0.717) is 6.54 Å². The van der Waals surface area contributed by atoms with Crippen LogP contribution in [0.1, 0.15) is 16.8 Å². The zero-order valence-electron chi connectivity index (χ0n) is 11.4. The lowest BCUT2D eigenvalue weighted by atomic mass is 10.2. The van der Waals surface area contributed by atoms with Gasteiger partial charge in [0.05, 0.1) is 4.92 Å². The molecule has 2 aromatic rings. The molecular weight excluding hydrogens is 292 g/mol. The summed E-state index contributed by atoms with van der Waals surface area (Å²) in [6.07, 6.45) is 0.868. The van der Waals surface area contributed by atoms with Crippen molar-refractivity contribution in [3.63, 3.8) is 0 Å². The first-order chi connectivity index (χ1) is 10.0. The molecule has 0 aliphatic carbocycles. The zero-order chi connectivity index (χ0) is 15.0. The highest BCUT2D eigenvalue weighted by Gasteiger charge is 2.24. The molecule has 21 heavy (non-hydrogen) atoms. The maximum absolute atomic E-state index is 10.8. The predicted molar refractivity (Wildman–Crippen MR) is 79.6 cm³/mol. The third kappa shape index (κ3) is 2.67. The summed E-state index contributed by atoms with van der Waals surface area (Å²) in [4.78, 5) is 21.0. The molecule has 0 saturated carbocycles. The molecule has 0 saturated heterocycles. The Morgan fingerprint density at radius 1 is 1.43 bits per heavy atom. The van der Waals surface area contributed by atoms with Gasteiger partial charge in [-0.25, -0.2) is 9.97 Å². The molecule has 0 bridgehead atoms. The van der Waals surface area contributed by atoms with Gasteiger partial charge in [-0.15, -0.1) is 0 Å². The summed E-state index contributed by atoms with van der Waals surface area (Å²) in [5.41, 5.74) is 2.98. The number of aryl methyl sites for hydroxylation is 1. The number of nitrogens with zero attached hydrogens (tertiary/aromatic N) is 4. The first kappa shape index (κ1) is 13.8. The Bertz CT molecular complexity index is 720. The second-order valence-corrected chi connectivity index (χ2v) is 5.32. The Hall–Kier alpha value is -2.21. The van der Waals surface area contributed by atoms with E-state index >= 15 is 0 Å². The van der Waals surface area contributed by atoms with Gasteiger partial charge in [-0.2, -0.15) is 0 Å². The van der Waals surface area contributed by atoms with Crippen LogP contribution >= 0.6 is 11.6 Å². The highest BCUT2D eigenvalue weighted by molar-refractivity contribution is 6.28. The minimum Gasteiger partial charge on any atom is -0.352 e. The Balaban J connectivity index is 1.89. The SMILES string of the molecule is Cc1nc(Cl)nc2c1CCN2Cc1cccc([N+](=O)[O-])c1. The van der Waals surface area contributed by atoms with Crippen LogP contribution in [0.3, 0.4) is 0 Å². The van der Waals surface area contributed by atoms with Crippen LogP contribution in [0.25, 0.3) is 0 Å². The Morgan fingerprint density at radius 2 is 2.24 bits per heavy atom. The van der Waals surface area contributed by atoms with Crippen LogP contribution in [0.2, 0.25) is 5.28 Å². The molecule has 1 aliphatic rings. The summed E-state index contributed by atoms with van der Waals surface area (Å²) >= 11 is 5.93. The molecule has 1 aliphatic heterocycles. The van der Waals surface area contributed by atoms with Crippen LogP contribution in [0.15, 0.2) is 24.3 Å². The van der Waals surface area contributed by atoms with Gasteiger partial charge in [0.1, 0.15) is 5.82 Å². The molecule has 1 aromatic heterocycles. The monoisotopic (exact) mass is 304 g/mol. The number of rotatable bonds is 3. The molecule has 7 heteroatoms. The van der Waals surface area contributed by atoms with Gasteiger partial charge in [0.25, 0.3) is 5.69 Å². The second-order valence-electron chi connectivity index (χ2n) is 4.98. The van der Waals surface area contributed by atoms with Gasteiger partial charge >= 0.3 is 0 Å². The number of fused-ring (bicyclic) bond motifs is 1. The van der Waals surface area contributed by atoms with Crippen molar-refractivity contribution < 1.29 is 4.92 Å². The normalized spacial score (nSPS) is 13.3. The Kier molecular flexibility index (Phi) is 3.47. The van der Waals surface area contributed by atoms with E-state index in [2.05, 4.69) is 14.9 Å². The van der Waals surface area contributed by atoms with E-state index in [4.69, 9.17) is 11.6 Å². The topological polar surface area (TPSA) is 72.2 Å². The van der Waals surface area contributed by atoms with E-state index < -0.39 is 0 Å². The third-order valence-corrected chi connectivity index (χ3v) is 3.76. The van der Waals surface area contributed by atoms with Crippen molar-refractivity contribution in [1.82, 2.24) is 9.97 Å². The van der Waals surface area contributed by atoms with Crippen LogP contribution in [0.4, 0.5) is 11.5 Å². The molecule has 0 unspecified atom stereocenters. The predicted octanol–water partition coefficient (Wildman–Crippen LogP) is 2.91. The van der Waals surface area contributed by atoms with E-state index in [1.807, 2.05) is 13.0 Å². The maximum Gasteiger partial charge on any atom is 0.269 e. The molecule has 1 aromatic carbocycles. The average Bonchev–Trinajstić information content (AvgIpc) is 2.82. The van der Waals surface area contributed by atoms with Crippen molar-refractivity contribution in [2.45, 2.75) is 19.9 Å². The molecule has 0 spiro atoms. The summed E-state index contributed by atoms with van der Waals surface area (Å²) in [5.74, 6) is 0.832. The molecular formula is C14H13ClN4O2. The standard InChI is InChI=1S/C14H13ClN4O2/c1-9-12-5-6-18(13(12)17-14(15)16-9)8-10-3-2-4-11(7-10)19(20)21/h2-4,7H,5-6,8H2,1H3. The number of nitro benzene ring substituents is 1. The number of non-ortho nitro benzene ring substituents is 1. The minimum absolute atomic E-state index is 0.101. The number of halogens is 1. The molecule has 108 valence electrons. The smallest absolute Gasteiger partial charge is 0.269 e. The van der Waals surface area contributed by atoms with E-state index in [-0.39, 0.29) is 15.9 Å². The van der Waals surface area contributed by atoms with Gasteiger partial charge in [-0.05, 0) is 30.5 Å². The van der Waals surface area contributed by atoms with Crippen LogP contribution in [-0.2, 0) is 13.0 Å². The summed E-state index contributed by atoms with van der Waals surface area (Å²) in [7, 11) is 0. The first-order valence-corrected chi connectivity index (χ1v) is 6.93. The van der Waals surface area contributed by atoms with Gasteiger partial charge in [0.2, 0.25) is 5.28 Å². The fraction of sp³-hybridized carbons (Fsp3) is 0.286. The molecule has 3 rings (SSSR count). The van der Waals surface area contributed by atoms with Crippen LogP contribution in [0.5, 0.6) is 0 Å². The van der Waals surface area contributed by atoms with Crippen molar-refractivity contribution in [3.8, 4) is 0 Å². The van der Waals surface area contributed by atoms with E-state index in [9.17, 15) is 10.1 Å². The molecule has 6 nitrogen and oxygen atoms in total. The summed E-state index contributed by atoms with van der Waals surface area (Å²) in [5, 5.41) is 11.1. The van der Waals surface area contributed by atoms with E-state index in [0.717, 1.165) is 35.6 Å². The van der Waals surface area contributed by atoms with Gasteiger partial charge in [0.15, 0.2) is 0 Å².